The van der Waals surface area contributed by atoms with Crippen molar-refractivity contribution in [2.75, 3.05) is 13.1 Å². The Labute approximate surface area is 185 Å². The van der Waals surface area contributed by atoms with Gasteiger partial charge in [0.2, 0.25) is 5.91 Å². The van der Waals surface area contributed by atoms with Crippen molar-refractivity contribution < 1.29 is 19.5 Å². The van der Waals surface area contributed by atoms with Crippen LogP contribution in [-0.4, -0.2) is 51.9 Å². The molecule has 0 radical (unpaired) electrons. The minimum absolute atomic E-state index is 0.0881. The first-order chi connectivity index (χ1) is 14.9. The molecule has 1 atom stereocenters. The molecule has 31 heavy (non-hydrogen) atoms. The van der Waals surface area contributed by atoms with Crippen LogP contribution in [0.25, 0.3) is 0 Å². The van der Waals surface area contributed by atoms with Gasteiger partial charge in [-0.25, -0.2) is 4.79 Å². The first kappa shape index (κ1) is 21.3. The summed E-state index contributed by atoms with van der Waals surface area (Å²) in [7, 11) is 0. The van der Waals surface area contributed by atoms with Gasteiger partial charge in [0.1, 0.15) is 6.04 Å². The number of carbonyl (C=O) groups is 3. The highest BCUT2D eigenvalue weighted by Crippen LogP contribution is 2.33. The topological polar surface area (TPSA) is 90.0 Å². The second kappa shape index (κ2) is 8.69. The fourth-order valence-corrected chi connectivity index (χ4v) is 4.24. The van der Waals surface area contributed by atoms with E-state index in [1.54, 1.807) is 29.2 Å². The van der Waals surface area contributed by atoms with Crippen molar-refractivity contribution in [1.29, 1.82) is 0 Å². The Kier molecular flexibility index (Phi) is 5.98. The molecule has 0 unspecified atom stereocenters. The third kappa shape index (κ3) is 4.57. The van der Waals surface area contributed by atoms with Crippen LogP contribution < -0.4 is 5.32 Å². The normalized spacial score (nSPS) is 20.6. The van der Waals surface area contributed by atoms with Gasteiger partial charge in [0.15, 0.2) is 0 Å². The minimum Gasteiger partial charge on any atom is -0.385 e. The lowest BCUT2D eigenvalue weighted by Gasteiger charge is -2.38. The zero-order valence-electron chi connectivity index (χ0n) is 17.0. The summed E-state index contributed by atoms with van der Waals surface area (Å²) in [5.74, 6) is -0.602. The van der Waals surface area contributed by atoms with Crippen LogP contribution in [0.15, 0.2) is 54.6 Å². The van der Waals surface area contributed by atoms with Crippen LogP contribution in [0.1, 0.15) is 30.4 Å². The summed E-state index contributed by atoms with van der Waals surface area (Å²) in [6, 6.07) is 15.0. The van der Waals surface area contributed by atoms with Gasteiger partial charge in [0, 0.05) is 18.1 Å². The molecule has 2 N–H and O–H groups in total. The number of rotatable bonds is 5. The standard InChI is InChI=1S/C23H24ClN3O4/c24-18-8-6-17(7-9-18)23(31)10-12-26(13-11-23)20(28)14-19-21(29)27(22(30)25-19)15-16-4-2-1-3-5-16/h1-9,19,31H,10-15H2,(H,25,30)/t19-/m1/s1. The summed E-state index contributed by atoms with van der Waals surface area (Å²) in [4.78, 5) is 40.5. The fraction of sp³-hybridized carbons (Fsp3) is 0.348. The van der Waals surface area contributed by atoms with Gasteiger partial charge in [-0.15, -0.1) is 0 Å². The van der Waals surface area contributed by atoms with Crippen LogP contribution in [-0.2, 0) is 21.7 Å². The molecule has 162 valence electrons. The van der Waals surface area contributed by atoms with E-state index in [9.17, 15) is 19.5 Å². The van der Waals surface area contributed by atoms with E-state index in [-0.39, 0.29) is 18.9 Å². The van der Waals surface area contributed by atoms with Gasteiger partial charge < -0.3 is 15.3 Å². The molecule has 4 rings (SSSR count). The molecule has 0 spiro atoms. The van der Waals surface area contributed by atoms with Crippen LogP contribution in [0.4, 0.5) is 4.79 Å². The smallest absolute Gasteiger partial charge is 0.325 e. The third-order valence-corrected chi connectivity index (χ3v) is 6.25. The number of nitrogens with one attached hydrogen (secondary N) is 1. The molecule has 4 amide bonds. The summed E-state index contributed by atoms with van der Waals surface area (Å²) in [5.41, 5.74) is 0.611. The lowest BCUT2D eigenvalue weighted by atomic mass is 9.84. The maximum atomic E-state index is 12.8. The van der Waals surface area contributed by atoms with E-state index in [4.69, 9.17) is 11.6 Å². The van der Waals surface area contributed by atoms with Crippen molar-refractivity contribution >= 4 is 29.4 Å². The molecule has 2 aliphatic rings. The molecule has 7 nitrogen and oxygen atoms in total. The second-order valence-corrected chi connectivity index (χ2v) is 8.47. The summed E-state index contributed by atoms with van der Waals surface area (Å²) in [6.07, 6.45) is 0.701. The van der Waals surface area contributed by atoms with E-state index < -0.39 is 23.6 Å². The highest BCUT2D eigenvalue weighted by molar-refractivity contribution is 6.30. The fourth-order valence-electron chi connectivity index (χ4n) is 4.11. The first-order valence-electron chi connectivity index (χ1n) is 10.3. The average Bonchev–Trinajstić information content (AvgIpc) is 3.02. The highest BCUT2D eigenvalue weighted by Gasteiger charge is 2.41. The Morgan fingerprint density at radius 1 is 1.06 bits per heavy atom. The lowest BCUT2D eigenvalue weighted by molar-refractivity contribution is -0.139. The van der Waals surface area contributed by atoms with Crippen molar-refractivity contribution in [3.8, 4) is 0 Å². The van der Waals surface area contributed by atoms with E-state index in [1.165, 1.54) is 0 Å². The summed E-state index contributed by atoms with van der Waals surface area (Å²) >= 11 is 5.92. The van der Waals surface area contributed by atoms with Crippen molar-refractivity contribution in [2.24, 2.45) is 0 Å². The number of piperidine rings is 1. The molecule has 2 saturated heterocycles. The number of likely N-dealkylation sites (tertiary alicyclic amines) is 1. The number of hydrogen-bond acceptors (Lipinski definition) is 4. The van der Waals surface area contributed by atoms with Crippen molar-refractivity contribution in [2.45, 2.75) is 37.5 Å². The molecular formula is C23H24ClN3O4. The zero-order chi connectivity index (χ0) is 22.0. The van der Waals surface area contributed by atoms with Crippen LogP contribution >= 0.6 is 11.6 Å². The third-order valence-electron chi connectivity index (χ3n) is 5.99. The predicted molar refractivity (Wildman–Crippen MR) is 115 cm³/mol. The second-order valence-electron chi connectivity index (χ2n) is 8.04. The molecule has 0 saturated carbocycles. The lowest BCUT2D eigenvalue weighted by Crippen LogP contribution is -2.47. The Hall–Kier alpha value is -2.90. The van der Waals surface area contributed by atoms with E-state index in [0.717, 1.165) is 16.0 Å². The van der Waals surface area contributed by atoms with E-state index in [1.807, 2.05) is 30.3 Å². The van der Waals surface area contributed by atoms with Crippen LogP contribution in [0.5, 0.6) is 0 Å². The Morgan fingerprint density at radius 3 is 2.35 bits per heavy atom. The van der Waals surface area contributed by atoms with Gasteiger partial charge >= 0.3 is 6.03 Å². The maximum Gasteiger partial charge on any atom is 0.325 e. The largest absolute Gasteiger partial charge is 0.385 e. The molecule has 2 aliphatic heterocycles. The number of benzene rings is 2. The molecule has 2 heterocycles. The number of imide groups is 1. The van der Waals surface area contributed by atoms with Gasteiger partial charge in [0.05, 0.1) is 18.6 Å². The molecular weight excluding hydrogens is 418 g/mol. The van der Waals surface area contributed by atoms with Crippen LogP contribution in [0, 0.1) is 0 Å². The number of urea groups is 1. The number of hydrogen-bond donors (Lipinski definition) is 2. The summed E-state index contributed by atoms with van der Waals surface area (Å²) in [6.45, 7) is 0.926. The van der Waals surface area contributed by atoms with Gasteiger partial charge in [-0.1, -0.05) is 54.1 Å². The van der Waals surface area contributed by atoms with E-state index in [2.05, 4.69) is 5.32 Å². The van der Waals surface area contributed by atoms with Crippen LogP contribution in [0.2, 0.25) is 5.02 Å². The van der Waals surface area contributed by atoms with Gasteiger partial charge in [-0.3, -0.25) is 14.5 Å². The molecule has 8 heteroatoms. The van der Waals surface area contributed by atoms with E-state index in [0.29, 0.717) is 31.0 Å². The van der Waals surface area contributed by atoms with Gasteiger partial charge in [0.25, 0.3) is 5.91 Å². The van der Waals surface area contributed by atoms with E-state index >= 15 is 0 Å². The highest BCUT2D eigenvalue weighted by atomic mass is 35.5. The SMILES string of the molecule is O=C(C[C@H]1NC(=O)N(Cc2ccccc2)C1=O)N1CCC(O)(c2ccc(Cl)cc2)CC1. The number of carbonyl (C=O) groups excluding carboxylic acids is 3. The Balaban J connectivity index is 1.33. The molecule has 0 bridgehead atoms. The minimum atomic E-state index is -1.01. The first-order valence-corrected chi connectivity index (χ1v) is 10.7. The van der Waals surface area contributed by atoms with Crippen molar-refractivity contribution in [1.82, 2.24) is 15.1 Å². The van der Waals surface area contributed by atoms with Crippen LogP contribution in [0.3, 0.4) is 0 Å². The maximum absolute atomic E-state index is 12.8. The molecule has 2 aromatic carbocycles. The molecule has 0 aromatic heterocycles. The number of amides is 4. The van der Waals surface area contributed by atoms with Gasteiger partial charge in [-0.05, 0) is 36.1 Å². The number of halogens is 1. The predicted octanol–water partition coefficient (Wildman–Crippen LogP) is 2.66. The quantitative estimate of drug-likeness (QED) is 0.698. The molecule has 0 aliphatic carbocycles. The average molecular weight is 442 g/mol. The van der Waals surface area contributed by atoms with Crippen molar-refractivity contribution in [3.05, 3.63) is 70.7 Å². The number of aliphatic hydroxyl groups is 1. The Morgan fingerprint density at radius 2 is 1.71 bits per heavy atom. The molecule has 2 fully saturated rings. The summed E-state index contributed by atoms with van der Waals surface area (Å²) in [5, 5.41) is 14.2. The molecule has 2 aromatic rings. The zero-order valence-corrected chi connectivity index (χ0v) is 17.7. The van der Waals surface area contributed by atoms with Gasteiger partial charge in [-0.2, -0.15) is 0 Å². The number of nitrogens with zero attached hydrogens (tertiary/aromatic N) is 2. The summed E-state index contributed by atoms with van der Waals surface area (Å²) < 4.78 is 0. The van der Waals surface area contributed by atoms with Crippen molar-refractivity contribution in [3.63, 3.8) is 0 Å². The Bertz CT molecular complexity index is 972. The monoisotopic (exact) mass is 441 g/mol.